The summed E-state index contributed by atoms with van der Waals surface area (Å²) in [5, 5.41) is 12.8. The lowest BCUT2D eigenvalue weighted by molar-refractivity contribution is -0.139. The number of nitrogens with one attached hydrogen (secondary N) is 1. The van der Waals surface area contributed by atoms with E-state index in [1.807, 2.05) is 30.3 Å². The fraction of sp³-hybridized carbons (Fsp3) is 0.588. The largest absolute Gasteiger partial charge is 0.480 e. The third kappa shape index (κ3) is 3.83. The predicted molar refractivity (Wildman–Crippen MR) is 80.7 cm³/mol. The van der Waals surface area contributed by atoms with Crippen molar-refractivity contribution in [2.24, 2.45) is 11.3 Å². The highest BCUT2D eigenvalue weighted by Gasteiger charge is 2.38. The normalized spacial score (nSPS) is 26.4. The van der Waals surface area contributed by atoms with E-state index in [9.17, 15) is 9.90 Å². The predicted octanol–water partition coefficient (Wildman–Crippen LogP) is 3.10. The Bertz CT molecular complexity index is 455. The minimum absolute atomic E-state index is 0.301. The van der Waals surface area contributed by atoms with Crippen molar-refractivity contribution in [2.75, 3.05) is 0 Å². The summed E-state index contributed by atoms with van der Waals surface area (Å²) in [7, 11) is 0. The first-order valence-corrected chi connectivity index (χ1v) is 7.40. The summed E-state index contributed by atoms with van der Waals surface area (Å²) in [6, 6.07) is 9.63. The summed E-state index contributed by atoms with van der Waals surface area (Å²) in [6.07, 6.45) is 2.74. The van der Waals surface area contributed by atoms with Crippen LogP contribution in [0.3, 0.4) is 0 Å². The highest BCUT2D eigenvalue weighted by molar-refractivity contribution is 5.74. The van der Waals surface area contributed by atoms with E-state index < -0.39 is 12.0 Å². The Kier molecular flexibility index (Phi) is 4.48. The van der Waals surface area contributed by atoms with Crippen molar-refractivity contribution in [3.05, 3.63) is 35.9 Å². The van der Waals surface area contributed by atoms with Gasteiger partial charge in [-0.05, 0) is 36.2 Å². The summed E-state index contributed by atoms with van der Waals surface area (Å²) >= 11 is 0. The standard InChI is InChI=1S/C17H25NO2/c1-12-10-17(2,3)11-15(12)18-14(16(19)20)9-13-7-5-4-6-8-13/h4-8,12,14-15,18H,9-11H2,1-3H3,(H,19,20)/t12?,14-,15?/m1/s1. The molecule has 0 aliphatic heterocycles. The van der Waals surface area contributed by atoms with Crippen LogP contribution in [0.1, 0.15) is 39.2 Å². The Morgan fingerprint density at radius 1 is 1.35 bits per heavy atom. The molecule has 0 heterocycles. The van der Waals surface area contributed by atoms with Crippen LogP contribution in [0.25, 0.3) is 0 Å². The van der Waals surface area contributed by atoms with Gasteiger partial charge in [-0.1, -0.05) is 51.1 Å². The summed E-state index contributed by atoms with van der Waals surface area (Å²) in [5.41, 5.74) is 1.38. The summed E-state index contributed by atoms with van der Waals surface area (Å²) in [5.74, 6) is -0.228. The zero-order valence-electron chi connectivity index (χ0n) is 12.6. The third-order valence-corrected chi connectivity index (χ3v) is 4.33. The van der Waals surface area contributed by atoms with Crippen LogP contribution in [-0.2, 0) is 11.2 Å². The van der Waals surface area contributed by atoms with Crippen molar-refractivity contribution in [1.29, 1.82) is 0 Å². The Balaban J connectivity index is 2.02. The van der Waals surface area contributed by atoms with Crippen molar-refractivity contribution in [3.8, 4) is 0 Å². The van der Waals surface area contributed by atoms with Gasteiger partial charge in [0.05, 0.1) is 0 Å². The molecule has 20 heavy (non-hydrogen) atoms. The molecular weight excluding hydrogens is 250 g/mol. The molecule has 2 unspecified atom stereocenters. The van der Waals surface area contributed by atoms with Gasteiger partial charge in [0.15, 0.2) is 0 Å². The van der Waals surface area contributed by atoms with Crippen LogP contribution in [0.15, 0.2) is 30.3 Å². The molecule has 1 aromatic carbocycles. The van der Waals surface area contributed by atoms with Crippen LogP contribution in [0, 0.1) is 11.3 Å². The van der Waals surface area contributed by atoms with Crippen LogP contribution in [0.5, 0.6) is 0 Å². The molecule has 1 fully saturated rings. The van der Waals surface area contributed by atoms with Gasteiger partial charge in [0.2, 0.25) is 0 Å². The quantitative estimate of drug-likeness (QED) is 0.868. The number of hydrogen-bond donors (Lipinski definition) is 2. The van der Waals surface area contributed by atoms with E-state index in [1.165, 1.54) is 0 Å². The van der Waals surface area contributed by atoms with Crippen molar-refractivity contribution < 1.29 is 9.90 Å². The minimum Gasteiger partial charge on any atom is -0.480 e. The van der Waals surface area contributed by atoms with Gasteiger partial charge in [0, 0.05) is 6.04 Å². The van der Waals surface area contributed by atoms with E-state index in [0.717, 1.165) is 18.4 Å². The molecule has 3 atom stereocenters. The number of rotatable bonds is 5. The molecule has 3 nitrogen and oxygen atoms in total. The van der Waals surface area contributed by atoms with E-state index >= 15 is 0 Å². The molecule has 1 aliphatic rings. The number of hydrogen-bond acceptors (Lipinski definition) is 2. The lowest BCUT2D eigenvalue weighted by Gasteiger charge is -2.23. The molecule has 1 saturated carbocycles. The van der Waals surface area contributed by atoms with Crippen LogP contribution in [0.2, 0.25) is 0 Å². The Morgan fingerprint density at radius 2 is 2.00 bits per heavy atom. The van der Waals surface area contributed by atoms with Gasteiger partial charge in [-0.15, -0.1) is 0 Å². The average molecular weight is 275 g/mol. The van der Waals surface area contributed by atoms with E-state index in [-0.39, 0.29) is 0 Å². The molecule has 3 heteroatoms. The molecule has 0 radical (unpaired) electrons. The topological polar surface area (TPSA) is 49.3 Å². The minimum atomic E-state index is -0.759. The Hall–Kier alpha value is -1.35. The second-order valence-corrected chi connectivity index (χ2v) is 6.90. The first-order chi connectivity index (χ1) is 9.37. The maximum atomic E-state index is 11.5. The molecule has 0 spiro atoms. The molecule has 0 saturated heterocycles. The molecule has 0 aromatic heterocycles. The highest BCUT2D eigenvalue weighted by Crippen LogP contribution is 2.41. The van der Waals surface area contributed by atoms with Crippen molar-refractivity contribution >= 4 is 5.97 Å². The van der Waals surface area contributed by atoms with Crippen molar-refractivity contribution in [2.45, 2.75) is 52.1 Å². The summed E-state index contributed by atoms with van der Waals surface area (Å²) in [6.45, 7) is 6.74. The molecule has 1 aromatic rings. The molecular formula is C17H25NO2. The van der Waals surface area contributed by atoms with Crippen LogP contribution >= 0.6 is 0 Å². The van der Waals surface area contributed by atoms with Gasteiger partial charge in [-0.3, -0.25) is 4.79 Å². The first-order valence-electron chi connectivity index (χ1n) is 7.40. The summed E-state index contributed by atoms with van der Waals surface area (Å²) < 4.78 is 0. The molecule has 0 bridgehead atoms. The Labute approximate surface area is 121 Å². The maximum absolute atomic E-state index is 11.5. The molecule has 2 N–H and O–H groups in total. The Morgan fingerprint density at radius 3 is 2.50 bits per heavy atom. The number of carboxylic acids is 1. The second kappa shape index (κ2) is 5.96. The molecule has 0 amide bonds. The second-order valence-electron chi connectivity index (χ2n) is 6.90. The fourth-order valence-electron chi connectivity index (χ4n) is 3.44. The highest BCUT2D eigenvalue weighted by atomic mass is 16.4. The van der Waals surface area contributed by atoms with Crippen molar-refractivity contribution in [3.63, 3.8) is 0 Å². The van der Waals surface area contributed by atoms with Crippen LogP contribution < -0.4 is 5.32 Å². The van der Waals surface area contributed by atoms with E-state index in [2.05, 4.69) is 26.1 Å². The van der Waals surface area contributed by atoms with Crippen LogP contribution in [0.4, 0.5) is 0 Å². The van der Waals surface area contributed by atoms with Gasteiger partial charge >= 0.3 is 5.97 Å². The zero-order chi connectivity index (χ0) is 14.8. The average Bonchev–Trinajstić information content (AvgIpc) is 2.62. The van der Waals surface area contributed by atoms with Crippen LogP contribution in [-0.4, -0.2) is 23.2 Å². The number of benzene rings is 1. The lowest BCUT2D eigenvalue weighted by Crippen LogP contribution is -2.46. The van der Waals surface area contributed by atoms with Gasteiger partial charge in [0.25, 0.3) is 0 Å². The number of aliphatic carboxylic acids is 1. The summed E-state index contributed by atoms with van der Waals surface area (Å²) in [4.78, 5) is 11.5. The molecule has 1 aliphatic carbocycles. The smallest absolute Gasteiger partial charge is 0.321 e. The van der Waals surface area contributed by atoms with Gasteiger partial charge in [-0.2, -0.15) is 0 Å². The molecule has 110 valence electrons. The van der Waals surface area contributed by atoms with Gasteiger partial charge in [-0.25, -0.2) is 0 Å². The van der Waals surface area contributed by atoms with E-state index in [1.54, 1.807) is 0 Å². The maximum Gasteiger partial charge on any atom is 0.321 e. The lowest BCUT2D eigenvalue weighted by atomic mass is 9.91. The van der Waals surface area contributed by atoms with E-state index in [4.69, 9.17) is 0 Å². The fourth-order valence-corrected chi connectivity index (χ4v) is 3.44. The monoisotopic (exact) mass is 275 g/mol. The first kappa shape index (κ1) is 15.0. The van der Waals surface area contributed by atoms with Crippen molar-refractivity contribution in [1.82, 2.24) is 5.32 Å². The third-order valence-electron chi connectivity index (χ3n) is 4.33. The van der Waals surface area contributed by atoms with Gasteiger partial charge < -0.3 is 10.4 Å². The SMILES string of the molecule is CC1CC(C)(C)CC1N[C@H](Cc1ccccc1)C(=O)O. The number of carboxylic acid groups (broad SMARTS) is 1. The van der Waals surface area contributed by atoms with E-state index in [0.29, 0.717) is 23.8 Å². The number of carbonyl (C=O) groups is 1. The zero-order valence-corrected chi connectivity index (χ0v) is 12.6. The molecule has 2 rings (SSSR count). The van der Waals surface area contributed by atoms with Gasteiger partial charge in [0.1, 0.15) is 6.04 Å².